The van der Waals surface area contributed by atoms with E-state index in [9.17, 15) is 0 Å². The average molecular weight is 434 g/mol. The van der Waals surface area contributed by atoms with Gasteiger partial charge in [0, 0.05) is 0 Å². The molecule has 4 rings (SSSR count). The molecule has 0 aromatic heterocycles. The van der Waals surface area contributed by atoms with Crippen molar-refractivity contribution in [3.05, 3.63) is 123 Å². The van der Waals surface area contributed by atoms with Crippen molar-refractivity contribution in [2.75, 3.05) is 0 Å². The van der Waals surface area contributed by atoms with Crippen molar-refractivity contribution in [2.24, 2.45) is 0 Å². The van der Waals surface area contributed by atoms with Crippen LogP contribution in [-0.4, -0.2) is 6.88 Å². The SMILES string of the molecule is [C-]1=C(c2ccccc2)C=CC1.[C-]1=C(c2ccccc2)C=CC1.[CH3-].[CH3-].[SiH2]=[Zr]. The Kier molecular flexibility index (Phi) is 13.8. The zero-order chi connectivity index (χ0) is 17.0. The molecule has 2 aromatic rings. The van der Waals surface area contributed by atoms with E-state index in [1.54, 1.807) is 23.3 Å². The van der Waals surface area contributed by atoms with Crippen molar-refractivity contribution < 1.29 is 23.3 Å². The van der Waals surface area contributed by atoms with Crippen molar-refractivity contribution in [3.63, 3.8) is 0 Å². The maximum atomic E-state index is 3.28. The van der Waals surface area contributed by atoms with E-state index >= 15 is 0 Å². The number of rotatable bonds is 2. The first-order valence-corrected chi connectivity index (χ1v) is 13.9. The van der Waals surface area contributed by atoms with Crippen molar-refractivity contribution in [1.29, 1.82) is 0 Å². The molecule has 0 amide bonds. The molecule has 0 saturated carbocycles. The van der Waals surface area contributed by atoms with Crippen LogP contribution < -0.4 is 0 Å². The van der Waals surface area contributed by atoms with Gasteiger partial charge in [-0.15, -0.1) is 47.5 Å². The van der Waals surface area contributed by atoms with Crippen LogP contribution in [0.4, 0.5) is 0 Å². The van der Waals surface area contributed by atoms with Crippen LogP contribution in [-0.2, 0) is 23.3 Å². The maximum absolute atomic E-state index is 3.28. The summed E-state index contributed by atoms with van der Waals surface area (Å²) in [7, 11) is 0. The molecule has 0 heterocycles. The minimum absolute atomic E-state index is 0. The molecule has 0 unspecified atom stereocenters. The van der Waals surface area contributed by atoms with E-state index in [1.807, 2.05) is 19.0 Å². The summed E-state index contributed by atoms with van der Waals surface area (Å²) >= 11 is 1.58. The van der Waals surface area contributed by atoms with Crippen LogP contribution >= 0.6 is 0 Å². The molecule has 2 aliphatic carbocycles. The quantitative estimate of drug-likeness (QED) is 0.424. The molecule has 134 valence electrons. The van der Waals surface area contributed by atoms with Gasteiger partial charge in [0.1, 0.15) is 0 Å². The zero-order valence-corrected chi connectivity index (χ0v) is 19.6. The third kappa shape index (κ3) is 7.81. The van der Waals surface area contributed by atoms with Crippen molar-refractivity contribution in [2.45, 2.75) is 12.8 Å². The Morgan fingerprint density at radius 2 is 0.962 bits per heavy atom. The van der Waals surface area contributed by atoms with Gasteiger partial charge in [-0.3, -0.25) is 0 Å². The van der Waals surface area contributed by atoms with Gasteiger partial charge < -0.3 is 14.9 Å². The van der Waals surface area contributed by atoms with Crippen LogP contribution in [0.25, 0.3) is 11.1 Å². The standard InChI is InChI=1S/2C11H9.2CH3.H2Si.Zr/c2*1-2-6-10(7-3-1)11-8-4-5-9-11;;;;/h2*1-4,6-8H,5H2;2*1H3;1H2;/q4*-1;;. The summed E-state index contributed by atoms with van der Waals surface area (Å²) in [4.78, 5) is 0. The first-order chi connectivity index (χ1) is 11.9. The van der Waals surface area contributed by atoms with Gasteiger partial charge in [0.15, 0.2) is 0 Å². The third-order valence-corrected chi connectivity index (χ3v) is 3.56. The Labute approximate surface area is 176 Å². The summed E-state index contributed by atoms with van der Waals surface area (Å²) in [5.74, 6) is 0. The molecule has 0 saturated heterocycles. The first kappa shape index (κ1) is 24.5. The second kappa shape index (κ2) is 14.6. The molecule has 0 N–H and O–H groups in total. The van der Waals surface area contributed by atoms with Crippen LogP contribution in [0.15, 0.2) is 85.0 Å². The monoisotopic (exact) mass is 432 g/mol. The zero-order valence-electron chi connectivity index (χ0n) is 15.7. The van der Waals surface area contributed by atoms with Crippen LogP contribution in [0.1, 0.15) is 24.0 Å². The van der Waals surface area contributed by atoms with E-state index in [1.165, 1.54) is 22.3 Å². The summed E-state index contributed by atoms with van der Waals surface area (Å²) in [5, 5.41) is 0. The first-order valence-electron chi connectivity index (χ1n) is 7.94. The minimum atomic E-state index is 0. The number of hydrogen-bond acceptors (Lipinski definition) is 0. The Bertz CT molecular complexity index is 675. The van der Waals surface area contributed by atoms with E-state index in [2.05, 4.69) is 85.0 Å². The van der Waals surface area contributed by atoms with E-state index in [0.29, 0.717) is 0 Å². The van der Waals surface area contributed by atoms with E-state index in [0.717, 1.165) is 12.8 Å². The molecular formula is C24H26SiZr-4. The predicted molar refractivity (Wildman–Crippen MR) is 115 cm³/mol. The fourth-order valence-electron chi connectivity index (χ4n) is 2.44. The number of allylic oxidation sites excluding steroid dienone is 8. The van der Waals surface area contributed by atoms with Gasteiger partial charge in [0.2, 0.25) is 0 Å². The second-order valence-corrected chi connectivity index (χ2v) is 5.13. The summed E-state index contributed by atoms with van der Waals surface area (Å²) in [6.07, 6.45) is 17.0. The van der Waals surface area contributed by atoms with Gasteiger partial charge in [-0.05, 0) is 0 Å². The van der Waals surface area contributed by atoms with Crippen molar-refractivity contribution in [1.82, 2.24) is 0 Å². The molecule has 2 aromatic carbocycles. The van der Waals surface area contributed by atoms with Crippen molar-refractivity contribution in [3.8, 4) is 0 Å². The van der Waals surface area contributed by atoms with E-state index < -0.39 is 0 Å². The molecule has 0 atom stereocenters. The van der Waals surface area contributed by atoms with Gasteiger partial charge in [-0.1, -0.05) is 49.2 Å². The third-order valence-electron chi connectivity index (χ3n) is 3.56. The van der Waals surface area contributed by atoms with Crippen molar-refractivity contribution >= 4 is 18.0 Å². The topological polar surface area (TPSA) is 0 Å². The van der Waals surface area contributed by atoms with Gasteiger partial charge in [0.05, 0.1) is 0 Å². The number of hydrogen-bond donors (Lipinski definition) is 0. The predicted octanol–water partition coefficient (Wildman–Crippen LogP) is 5.65. The average Bonchev–Trinajstić information content (AvgIpc) is 3.39. The molecular weight excluding hydrogens is 408 g/mol. The molecule has 0 aliphatic heterocycles. The molecule has 0 nitrogen and oxygen atoms in total. The fourth-order valence-corrected chi connectivity index (χ4v) is 2.44. The number of benzene rings is 2. The van der Waals surface area contributed by atoms with Gasteiger partial charge >= 0.3 is 30.2 Å². The van der Waals surface area contributed by atoms with Crippen LogP contribution in [0.3, 0.4) is 0 Å². The molecule has 0 spiro atoms. The van der Waals surface area contributed by atoms with Crippen LogP contribution in [0.5, 0.6) is 0 Å². The van der Waals surface area contributed by atoms with Crippen LogP contribution in [0.2, 0.25) is 0 Å². The summed E-state index contributed by atoms with van der Waals surface area (Å²) in [5.41, 5.74) is 4.98. The van der Waals surface area contributed by atoms with Gasteiger partial charge in [0.25, 0.3) is 0 Å². The Morgan fingerprint density at radius 3 is 1.23 bits per heavy atom. The Morgan fingerprint density at radius 1 is 0.615 bits per heavy atom. The van der Waals surface area contributed by atoms with Gasteiger partial charge in [-0.25, -0.2) is 0 Å². The van der Waals surface area contributed by atoms with E-state index in [-0.39, 0.29) is 14.9 Å². The molecule has 2 aliphatic rings. The normalized spacial score (nSPS) is 12.9. The molecule has 0 bridgehead atoms. The Balaban J connectivity index is 0.000000410. The summed E-state index contributed by atoms with van der Waals surface area (Å²) in [6.45, 7) is 1.95. The molecule has 26 heavy (non-hydrogen) atoms. The second-order valence-electron chi connectivity index (χ2n) is 5.13. The van der Waals surface area contributed by atoms with Crippen LogP contribution in [0, 0.1) is 27.0 Å². The molecule has 0 radical (unpaired) electrons. The molecule has 0 fully saturated rings. The summed E-state index contributed by atoms with van der Waals surface area (Å²) in [6, 6.07) is 20.7. The van der Waals surface area contributed by atoms with E-state index in [4.69, 9.17) is 0 Å². The van der Waals surface area contributed by atoms with Gasteiger partial charge in [-0.2, -0.15) is 35.5 Å². The molecule has 2 heteroatoms. The fraction of sp³-hybridized carbons (Fsp3) is 0.0833. The Hall–Kier alpha value is -1.50. The summed E-state index contributed by atoms with van der Waals surface area (Å²) < 4.78 is 0.